The van der Waals surface area contributed by atoms with Crippen LogP contribution in [0.15, 0.2) is 66.7 Å². The highest BCUT2D eigenvalue weighted by Gasteiger charge is 2.25. The predicted molar refractivity (Wildman–Crippen MR) is 150 cm³/mol. The van der Waals surface area contributed by atoms with E-state index in [0.29, 0.717) is 55.1 Å². The number of nitrogens with one attached hydrogen (secondary N) is 2. The first kappa shape index (κ1) is 30.2. The van der Waals surface area contributed by atoms with Gasteiger partial charge in [0.1, 0.15) is 5.82 Å². The highest BCUT2D eigenvalue weighted by atomic mass is 19.1. The van der Waals surface area contributed by atoms with Gasteiger partial charge in [-0.1, -0.05) is 36.4 Å². The molecule has 220 valence electrons. The molecule has 1 aliphatic heterocycles. The van der Waals surface area contributed by atoms with Gasteiger partial charge in [0.2, 0.25) is 6.10 Å². The van der Waals surface area contributed by atoms with Crippen molar-refractivity contribution in [3.05, 3.63) is 89.2 Å². The van der Waals surface area contributed by atoms with Crippen molar-refractivity contribution in [1.82, 2.24) is 10.2 Å². The molecule has 12 heteroatoms. The second kappa shape index (κ2) is 14.2. The molecule has 42 heavy (non-hydrogen) atoms. The third-order valence-corrected chi connectivity index (χ3v) is 6.52. The van der Waals surface area contributed by atoms with Crippen LogP contribution in [0.3, 0.4) is 0 Å². The number of ether oxygens (including phenoxy) is 2. The van der Waals surface area contributed by atoms with E-state index >= 15 is 0 Å². The summed E-state index contributed by atoms with van der Waals surface area (Å²) in [5.74, 6) is 2.48. The molecule has 4 N–H and O–H groups in total. The topological polar surface area (TPSA) is 149 Å². The molecule has 1 unspecified atom stereocenters. The van der Waals surface area contributed by atoms with Crippen LogP contribution in [0.5, 0.6) is 0 Å². The van der Waals surface area contributed by atoms with Gasteiger partial charge in [-0.05, 0) is 53.4 Å². The van der Waals surface area contributed by atoms with Crippen molar-refractivity contribution < 1.29 is 37.9 Å². The van der Waals surface area contributed by atoms with Gasteiger partial charge in [0.25, 0.3) is 11.8 Å². The zero-order valence-corrected chi connectivity index (χ0v) is 22.9. The lowest BCUT2D eigenvalue weighted by molar-refractivity contribution is -0.152. The maximum atomic E-state index is 14.8. The number of amides is 3. The minimum Gasteiger partial charge on any atom is -0.447 e. The summed E-state index contributed by atoms with van der Waals surface area (Å²) in [7, 11) is 0. The number of halogens is 1. The molecule has 1 fully saturated rings. The Kier molecular flexibility index (Phi) is 10.2. The second-order valence-electron chi connectivity index (χ2n) is 9.51. The number of anilines is 1. The highest BCUT2D eigenvalue weighted by molar-refractivity contribution is 5.97. The maximum absolute atomic E-state index is 14.8. The third kappa shape index (κ3) is 7.89. The molecule has 1 saturated heterocycles. The molecule has 0 saturated carbocycles. The molecule has 0 aliphatic carbocycles. The largest absolute Gasteiger partial charge is 0.447 e. The summed E-state index contributed by atoms with van der Waals surface area (Å²) in [4.78, 5) is 55.0. The Labute approximate surface area is 241 Å². The molecule has 3 aromatic carbocycles. The van der Waals surface area contributed by atoms with E-state index in [0.717, 1.165) is 5.56 Å². The Morgan fingerprint density at radius 2 is 1.76 bits per heavy atom. The first-order chi connectivity index (χ1) is 20.2. The van der Waals surface area contributed by atoms with Crippen molar-refractivity contribution in [2.75, 3.05) is 31.6 Å². The van der Waals surface area contributed by atoms with Gasteiger partial charge in [0.15, 0.2) is 0 Å². The molecular weight excluding hydrogens is 547 g/mol. The molecule has 1 aliphatic rings. The molecule has 0 bridgehead atoms. The van der Waals surface area contributed by atoms with Gasteiger partial charge in [0, 0.05) is 44.4 Å². The van der Waals surface area contributed by atoms with Gasteiger partial charge >= 0.3 is 12.1 Å². The summed E-state index contributed by atoms with van der Waals surface area (Å²) in [6.07, 6.45) is -1.40. The average molecular weight is 579 g/mol. The number of rotatable bonds is 8. The van der Waals surface area contributed by atoms with E-state index in [1.807, 2.05) is 0 Å². The highest BCUT2D eigenvalue weighted by Crippen LogP contribution is 2.28. The Bertz CT molecular complexity index is 1440. The van der Waals surface area contributed by atoms with Crippen LogP contribution < -0.4 is 16.5 Å². The number of hydrogen-bond donors (Lipinski definition) is 3. The van der Waals surface area contributed by atoms with Crippen LogP contribution in [0.2, 0.25) is 0 Å². The quantitative estimate of drug-likeness (QED) is 0.271. The molecule has 4 rings (SSSR count). The van der Waals surface area contributed by atoms with E-state index in [2.05, 4.69) is 15.5 Å². The molecule has 3 aromatic rings. The lowest BCUT2D eigenvalue weighted by atomic mass is 9.98. The minimum absolute atomic E-state index is 0.0624. The number of carbonyl (C=O) groups excluding carboxylic acids is 4. The molecule has 1 atom stereocenters. The summed E-state index contributed by atoms with van der Waals surface area (Å²) in [5, 5.41) is 5.17. The van der Waals surface area contributed by atoms with Crippen LogP contribution in [0.4, 0.5) is 14.9 Å². The Morgan fingerprint density at radius 1 is 1.00 bits per heavy atom. The van der Waals surface area contributed by atoms with Crippen LogP contribution in [0, 0.1) is 5.82 Å². The lowest BCUT2D eigenvalue weighted by Crippen LogP contribution is -2.33. The van der Waals surface area contributed by atoms with E-state index in [4.69, 9.17) is 15.4 Å². The average Bonchev–Trinajstić information content (AvgIpc) is 3.29. The number of nitrogens with two attached hydrogens (primary N) is 1. The molecule has 0 aromatic heterocycles. The van der Waals surface area contributed by atoms with Gasteiger partial charge < -0.3 is 29.8 Å². The number of nitrogens with zero attached hydrogens (tertiary/aromatic N) is 1. The van der Waals surface area contributed by atoms with Crippen molar-refractivity contribution in [1.29, 1.82) is 0 Å². The van der Waals surface area contributed by atoms with Crippen molar-refractivity contribution >= 4 is 29.6 Å². The Balaban J connectivity index is 1.54. The first-order valence-electron chi connectivity index (χ1n) is 13.2. The zero-order valence-electron chi connectivity index (χ0n) is 22.9. The predicted octanol–water partition coefficient (Wildman–Crippen LogP) is 3.70. The smallest absolute Gasteiger partial charge is 0.426 e. The van der Waals surface area contributed by atoms with Crippen molar-refractivity contribution in [3.8, 4) is 11.1 Å². The van der Waals surface area contributed by atoms with Crippen LogP contribution in [0.1, 0.15) is 40.9 Å². The van der Waals surface area contributed by atoms with Crippen molar-refractivity contribution in [2.45, 2.75) is 26.0 Å². The van der Waals surface area contributed by atoms with E-state index in [1.165, 1.54) is 19.1 Å². The standard InChI is InChI=1S/C30H31FN4O7/c1-19(36)41-27(28(37)34-24-9-6-20(7-10-24)18-33-30(39)42-32)23-5-2-4-21(16-23)22-8-11-26(31)25(17-22)29(38)35-12-3-14-40-15-13-35/h2,4-11,16-17,27H,3,12-15,18,32H2,1H3,(H,33,39)(H,34,37). The maximum Gasteiger partial charge on any atom is 0.426 e. The van der Waals surface area contributed by atoms with Gasteiger partial charge in [-0.25, -0.2) is 9.18 Å². The Hall–Kier alpha value is -4.81. The summed E-state index contributed by atoms with van der Waals surface area (Å²) in [6, 6.07) is 17.6. The second-order valence-corrected chi connectivity index (χ2v) is 9.51. The van der Waals surface area contributed by atoms with Crippen LogP contribution >= 0.6 is 0 Å². The lowest BCUT2D eigenvalue weighted by Gasteiger charge is -2.20. The number of esters is 1. The van der Waals surface area contributed by atoms with Crippen molar-refractivity contribution in [2.24, 2.45) is 5.90 Å². The molecule has 0 radical (unpaired) electrons. The summed E-state index contributed by atoms with van der Waals surface area (Å²) in [5.41, 5.74) is 2.62. The monoisotopic (exact) mass is 578 g/mol. The molecule has 1 heterocycles. The summed E-state index contributed by atoms with van der Waals surface area (Å²) < 4.78 is 25.5. The molecule has 0 spiro atoms. The SMILES string of the molecule is CC(=O)OC(C(=O)Nc1ccc(CNC(=O)ON)cc1)c1cccc(-c2ccc(F)c(C(=O)N3CCCOCC3)c2)c1. The van der Waals surface area contributed by atoms with Gasteiger partial charge in [0.05, 0.1) is 12.2 Å². The number of hydrogen-bond acceptors (Lipinski definition) is 8. The summed E-state index contributed by atoms with van der Waals surface area (Å²) in [6.45, 7) is 3.15. The van der Waals surface area contributed by atoms with Gasteiger partial charge in [-0.3, -0.25) is 14.4 Å². The van der Waals surface area contributed by atoms with Gasteiger partial charge in [-0.2, -0.15) is 5.90 Å². The normalized spacial score (nSPS) is 13.8. The number of carbonyl (C=O) groups is 4. The van der Waals surface area contributed by atoms with Gasteiger partial charge in [-0.15, -0.1) is 0 Å². The molecule has 11 nitrogen and oxygen atoms in total. The van der Waals surface area contributed by atoms with E-state index in [-0.39, 0.29) is 12.1 Å². The Morgan fingerprint density at radius 3 is 2.50 bits per heavy atom. The van der Waals surface area contributed by atoms with Crippen LogP contribution in [-0.4, -0.2) is 55.1 Å². The molecule has 3 amide bonds. The molecular formula is C30H31FN4O7. The van der Waals surface area contributed by atoms with E-state index in [9.17, 15) is 23.6 Å². The fraction of sp³-hybridized carbons (Fsp3) is 0.267. The number of benzene rings is 3. The fourth-order valence-corrected chi connectivity index (χ4v) is 4.44. The van der Waals surface area contributed by atoms with E-state index in [1.54, 1.807) is 59.5 Å². The zero-order chi connectivity index (χ0) is 30.1. The third-order valence-electron chi connectivity index (χ3n) is 6.52. The minimum atomic E-state index is -1.29. The van der Waals surface area contributed by atoms with Crippen molar-refractivity contribution in [3.63, 3.8) is 0 Å². The summed E-state index contributed by atoms with van der Waals surface area (Å²) >= 11 is 0. The first-order valence-corrected chi connectivity index (χ1v) is 13.2. The fourth-order valence-electron chi connectivity index (χ4n) is 4.44. The van der Waals surface area contributed by atoms with Crippen LogP contribution in [-0.2, 0) is 30.4 Å². The van der Waals surface area contributed by atoms with E-state index < -0.39 is 35.8 Å². The van der Waals surface area contributed by atoms with Crippen LogP contribution in [0.25, 0.3) is 11.1 Å².